The molecule has 0 aromatic heterocycles. The maximum absolute atomic E-state index is 11.6. The maximum atomic E-state index is 11.6. The van der Waals surface area contributed by atoms with Gasteiger partial charge in [0.25, 0.3) is 0 Å². The van der Waals surface area contributed by atoms with Crippen LogP contribution in [-0.4, -0.2) is 17.7 Å². The lowest BCUT2D eigenvalue weighted by molar-refractivity contribution is 0.0501. The summed E-state index contributed by atoms with van der Waals surface area (Å²) in [5, 5.41) is 9.13. The van der Waals surface area contributed by atoms with Crippen molar-refractivity contribution in [3.05, 3.63) is 42.0 Å². The number of carbonyl (C=O) groups is 1. The molecule has 1 aromatic rings. The molecule has 3 nitrogen and oxygen atoms in total. The van der Waals surface area contributed by atoms with Crippen LogP contribution >= 0.6 is 0 Å². The molecule has 0 amide bonds. The molecule has 0 unspecified atom stereocenters. The fourth-order valence-electron chi connectivity index (χ4n) is 1.79. The van der Waals surface area contributed by atoms with Crippen molar-refractivity contribution in [2.75, 3.05) is 6.61 Å². The molecule has 0 aliphatic rings. The second-order valence-corrected chi connectivity index (χ2v) is 4.79. The van der Waals surface area contributed by atoms with Gasteiger partial charge in [0.15, 0.2) is 0 Å². The van der Waals surface area contributed by atoms with Crippen LogP contribution in [0.1, 0.15) is 55.8 Å². The molecule has 0 fully saturated rings. The SMILES string of the molecule is CCCCC/C=C/CCCOC(=O)c1ccc(O)cc1. The zero-order valence-electron chi connectivity index (χ0n) is 12.2. The standard InChI is InChI=1S/C17H24O3/c1-2-3-4-5-6-7-8-9-14-20-17(19)15-10-12-16(18)13-11-15/h6-7,10-13,18H,2-5,8-9,14H2,1H3/b7-6+. The number of ether oxygens (including phenoxy) is 1. The number of unbranched alkanes of at least 4 members (excludes halogenated alkanes) is 4. The number of aromatic hydroxyl groups is 1. The first-order valence-electron chi connectivity index (χ1n) is 7.35. The van der Waals surface area contributed by atoms with E-state index in [4.69, 9.17) is 9.84 Å². The lowest BCUT2D eigenvalue weighted by Crippen LogP contribution is -2.05. The molecule has 0 atom stereocenters. The summed E-state index contributed by atoms with van der Waals surface area (Å²) < 4.78 is 5.16. The van der Waals surface area contributed by atoms with Crippen LogP contribution in [0, 0.1) is 0 Å². The van der Waals surface area contributed by atoms with Gasteiger partial charge < -0.3 is 9.84 Å². The Morgan fingerprint density at radius 3 is 2.40 bits per heavy atom. The Labute approximate surface area is 121 Å². The van der Waals surface area contributed by atoms with E-state index in [1.807, 2.05) is 0 Å². The normalized spacial score (nSPS) is 10.8. The van der Waals surface area contributed by atoms with Crippen LogP contribution in [0.5, 0.6) is 5.75 Å². The van der Waals surface area contributed by atoms with Crippen molar-refractivity contribution in [2.45, 2.75) is 45.4 Å². The first kappa shape index (κ1) is 16.3. The van der Waals surface area contributed by atoms with Crippen molar-refractivity contribution in [2.24, 2.45) is 0 Å². The van der Waals surface area contributed by atoms with Gasteiger partial charge in [-0.15, -0.1) is 0 Å². The smallest absolute Gasteiger partial charge is 0.338 e. The highest BCUT2D eigenvalue weighted by Gasteiger charge is 2.05. The molecular weight excluding hydrogens is 252 g/mol. The molecule has 3 heteroatoms. The molecule has 0 aliphatic heterocycles. The van der Waals surface area contributed by atoms with E-state index in [0.717, 1.165) is 19.3 Å². The van der Waals surface area contributed by atoms with Gasteiger partial charge in [0, 0.05) is 0 Å². The molecule has 0 heterocycles. The summed E-state index contributed by atoms with van der Waals surface area (Å²) in [6, 6.07) is 6.09. The second-order valence-electron chi connectivity index (χ2n) is 4.79. The van der Waals surface area contributed by atoms with Gasteiger partial charge in [-0.1, -0.05) is 31.9 Å². The topological polar surface area (TPSA) is 46.5 Å². The molecule has 0 bridgehead atoms. The molecule has 20 heavy (non-hydrogen) atoms. The Hall–Kier alpha value is -1.77. The van der Waals surface area contributed by atoms with Crippen LogP contribution < -0.4 is 0 Å². The Balaban J connectivity index is 2.09. The minimum absolute atomic E-state index is 0.148. The first-order chi connectivity index (χ1) is 9.74. The number of benzene rings is 1. The monoisotopic (exact) mass is 276 g/mol. The van der Waals surface area contributed by atoms with Gasteiger partial charge in [0.2, 0.25) is 0 Å². The third-order valence-corrected chi connectivity index (χ3v) is 2.99. The summed E-state index contributed by atoms with van der Waals surface area (Å²) in [6.45, 7) is 2.63. The van der Waals surface area contributed by atoms with Gasteiger partial charge >= 0.3 is 5.97 Å². The van der Waals surface area contributed by atoms with Crippen molar-refractivity contribution >= 4 is 5.97 Å². The maximum Gasteiger partial charge on any atom is 0.338 e. The zero-order chi connectivity index (χ0) is 14.6. The third kappa shape index (κ3) is 6.98. The summed E-state index contributed by atoms with van der Waals surface area (Å²) >= 11 is 0. The first-order valence-corrected chi connectivity index (χ1v) is 7.35. The predicted octanol–water partition coefficient (Wildman–Crippen LogP) is 4.47. The quantitative estimate of drug-likeness (QED) is 0.411. The van der Waals surface area contributed by atoms with Crippen LogP contribution in [0.2, 0.25) is 0 Å². The lowest BCUT2D eigenvalue weighted by atomic mass is 10.2. The molecule has 110 valence electrons. The molecule has 0 spiro atoms. The fraction of sp³-hybridized carbons (Fsp3) is 0.471. The predicted molar refractivity (Wildman–Crippen MR) is 80.9 cm³/mol. The van der Waals surface area contributed by atoms with Crippen molar-refractivity contribution in [1.29, 1.82) is 0 Å². The van der Waals surface area contributed by atoms with Gasteiger partial charge in [-0.05, 0) is 49.9 Å². The summed E-state index contributed by atoms with van der Waals surface area (Å²) in [5.74, 6) is -0.188. The van der Waals surface area contributed by atoms with E-state index >= 15 is 0 Å². The number of carbonyl (C=O) groups excluding carboxylic acids is 1. The number of esters is 1. The average molecular weight is 276 g/mol. The van der Waals surface area contributed by atoms with Crippen molar-refractivity contribution in [3.63, 3.8) is 0 Å². The Bertz CT molecular complexity index is 407. The molecule has 0 radical (unpaired) electrons. The molecular formula is C17H24O3. The number of phenols is 1. The molecule has 1 aromatic carbocycles. The van der Waals surface area contributed by atoms with E-state index in [-0.39, 0.29) is 11.7 Å². The number of hydrogen-bond donors (Lipinski definition) is 1. The minimum atomic E-state index is -0.336. The molecule has 0 saturated heterocycles. The van der Waals surface area contributed by atoms with E-state index in [0.29, 0.717) is 12.2 Å². The number of hydrogen-bond acceptors (Lipinski definition) is 3. The van der Waals surface area contributed by atoms with Gasteiger partial charge in [-0.2, -0.15) is 0 Å². The van der Waals surface area contributed by atoms with E-state index in [1.165, 1.54) is 31.4 Å². The third-order valence-electron chi connectivity index (χ3n) is 2.99. The Kier molecular flexibility index (Phi) is 8.20. The van der Waals surface area contributed by atoms with Crippen LogP contribution in [-0.2, 0) is 4.74 Å². The van der Waals surface area contributed by atoms with Crippen molar-refractivity contribution in [3.8, 4) is 5.75 Å². The molecule has 1 N–H and O–H groups in total. The summed E-state index contributed by atoms with van der Waals surface area (Å²) in [5.41, 5.74) is 0.470. The van der Waals surface area contributed by atoms with Gasteiger partial charge in [-0.3, -0.25) is 0 Å². The van der Waals surface area contributed by atoms with Gasteiger partial charge in [-0.25, -0.2) is 4.79 Å². The average Bonchev–Trinajstić information content (AvgIpc) is 2.46. The minimum Gasteiger partial charge on any atom is -0.508 e. The van der Waals surface area contributed by atoms with E-state index in [1.54, 1.807) is 12.1 Å². The van der Waals surface area contributed by atoms with Crippen molar-refractivity contribution in [1.82, 2.24) is 0 Å². The number of rotatable bonds is 9. The highest BCUT2D eigenvalue weighted by Crippen LogP contribution is 2.10. The van der Waals surface area contributed by atoms with E-state index < -0.39 is 0 Å². The fourth-order valence-corrected chi connectivity index (χ4v) is 1.79. The highest BCUT2D eigenvalue weighted by molar-refractivity contribution is 5.89. The van der Waals surface area contributed by atoms with Crippen LogP contribution in [0.3, 0.4) is 0 Å². The lowest BCUT2D eigenvalue weighted by Gasteiger charge is -2.03. The largest absolute Gasteiger partial charge is 0.508 e. The number of phenolic OH excluding ortho intramolecular Hbond substituents is 1. The summed E-state index contributed by atoms with van der Waals surface area (Å²) in [6.07, 6.45) is 11.1. The molecule has 0 saturated carbocycles. The van der Waals surface area contributed by atoms with Crippen LogP contribution in [0.25, 0.3) is 0 Å². The Morgan fingerprint density at radius 1 is 1.10 bits per heavy atom. The highest BCUT2D eigenvalue weighted by atomic mass is 16.5. The summed E-state index contributed by atoms with van der Waals surface area (Å²) in [7, 11) is 0. The van der Waals surface area contributed by atoms with Crippen LogP contribution in [0.15, 0.2) is 36.4 Å². The number of allylic oxidation sites excluding steroid dienone is 2. The van der Waals surface area contributed by atoms with Gasteiger partial charge in [0.05, 0.1) is 12.2 Å². The second kappa shape index (κ2) is 10.1. The molecule has 1 rings (SSSR count). The summed E-state index contributed by atoms with van der Waals surface area (Å²) in [4.78, 5) is 11.6. The van der Waals surface area contributed by atoms with Crippen LogP contribution in [0.4, 0.5) is 0 Å². The molecule has 0 aliphatic carbocycles. The van der Waals surface area contributed by atoms with E-state index in [9.17, 15) is 4.79 Å². The van der Waals surface area contributed by atoms with E-state index in [2.05, 4.69) is 19.1 Å². The van der Waals surface area contributed by atoms with Crippen molar-refractivity contribution < 1.29 is 14.6 Å². The van der Waals surface area contributed by atoms with Gasteiger partial charge in [0.1, 0.15) is 5.75 Å². The zero-order valence-corrected chi connectivity index (χ0v) is 12.2. The Morgan fingerprint density at radius 2 is 1.75 bits per heavy atom.